The third-order valence-electron chi connectivity index (χ3n) is 3.42. The average Bonchev–Trinajstić information content (AvgIpc) is 2.89. The highest BCUT2D eigenvalue weighted by Gasteiger charge is 2.25. The van der Waals surface area contributed by atoms with Gasteiger partial charge in [0.15, 0.2) is 0 Å². The number of piperidine rings is 1. The Bertz CT molecular complexity index is 342. The van der Waals surface area contributed by atoms with Crippen molar-refractivity contribution in [3.8, 4) is 0 Å². The number of thiophene rings is 1. The zero-order valence-electron chi connectivity index (χ0n) is 10.2. The summed E-state index contributed by atoms with van der Waals surface area (Å²) in [6.45, 7) is 3.14. The normalized spacial score (nSPS) is 18.2. The summed E-state index contributed by atoms with van der Waals surface area (Å²) in [4.78, 5) is 13.8. The van der Waals surface area contributed by atoms with Crippen LogP contribution in [0.4, 0.5) is 0 Å². The van der Waals surface area contributed by atoms with Crippen molar-refractivity contribution in [3.05, 3.63) is 22.4 Å². The van der Waals surface area contributed by atoms with Crippen LogP contribution in [0.15, 0.2) is 16.8 Å². The van der Waals surface area contributed by atoms with E-state index < -0.39 is 0 Å². The average molecular weight is 253 g/mol. The number of carbonyl (C=O) groups is 1. The van der Waals surface area contributed by atoms with Gasteiger partial charge in [0.2, 0.25) is 0 Å². The molecule has 0 unspecified atom stereocenters. The maximum Gasteiger partial charge on any atom is 0.308 e. The summed E-state index contributed by atoms with van der Waals surface area (Å²) in [6.07, 6.45) is 3.00. The van der Waals surface area contributed by atoms with Gasteiger partial charge in [-0.2, -0.15) is 11.3 Å². The van der Waals surface area contributed by atoms with Gasteiger partial charge in [-0.15, -0.1) is 0 Å². The molecular formula is C13H19NO2S. The van der Waals surface area contributed by atoms with Gasteiger partial charge in [-0.3, -0.25) is 4.79 Å². The highest BCUT2D eigenvalue weighted by atomic mass is 32.1. The van der Waals surface area contributed by atoms with Crippen LogP contribution in [0, 0.1) is 5.92 Å². The van der Waals surface area contributed by atoms with Crippen LogP contribution in [-0.2, 0) is 16.0 Å². The fourth-order valence-electron chi connectivity index (χ4n) is 2.28. The predicted molar refractivity (Wildman–Crippen MR) is 69.2 cm³/mol. The Morgan fingerprint density at radius 3 is 2.88 bits per heavy atom. The minimum absolute atomic E-state index is 0.0394. The molecule has 0 saturated carbocycles. The lowest BCUT2D eigenvalue weighted by molar-refractivity contribution is -0.147. The Morgan fingerprint density at radius 1 is 1.53 bits per heavy atom. The molecule has 0 radical (unpaired) electrons. The molecule has 0 aliphatic carbocycles. The maximum absolute atomic E-state index is 11.4. The van der Waals surface area contributed by atoms with Crippen LogP contribution >= 0.6 is 11.3 Å². The van der Waals surface area contributed by atoms with Gasteiger partial charge in [-0.1, -0.05) is 0 Å². The van der Waals surface area contributed by atoms with Crippen LogP contribution < -0.4 is 0 Å². The summed E-state index contributed by atoms with van der Waals surface area (Å²) in [5, 5.41) is 4.33. The number of ether oxygens (including phenoxy) is 1. The fourth-order valence-corrected chi connectivity index (χ4v) is 2.98. The number of nitrogens with zero attached hydrogens (tertiary/aromatic N) is 1. The predicted octanol–water partition coefficient (Wildman–Crippen LogP) is 2.18. The van der Waals surface area contributed by atoms with Crippen molar-refractivity contribution in [1.82, 2.24) is 4.90 Å². The molecule has 1 aliphatic heterocycles. The van der Waals surface area contributed by atoms with E-state index in [1.165, 1.54) is 12.7 Å². The minimum atomic E-state index is -0.0394. The minimum Gasteiger partial charge on any atom is -0.469 e. The molecule has 0 atom stereocenters. The number of methoxy groups -OCH3 is 1. The molecule has 0 N–H and O–H groups in total. The number of hydrogen-bond acceptors (Lipinski definition) is 4. The topological polar surface area (TPSA) is 29.5 Å². The second kappa shape index (κ2) is 6.17. The van der Waals surface area contributed by atoms with E-state index in [9.17, 15) is 4.79 Å². The van der Waals surface area contributed by atoms with Gasteiger partial charge in [0.1, 0.15) is 0 Å². The van der Waals surface area contributed by atoms with Crippen LogP contribution in [0.3, 0.4) is 0 Å². The van der Waals surface area contributed by atoms with E-state index >= 15 is 0 Å². The van der Waals surface area contributed by atoms with E-state index in [0.717, 1.165) is 38.9 Å². The summed E-state index contributed by atoms with van der Waals surface area (Å²) in [5.41, 5.74) is 1.42. The molecule has 1 aromatic heterocycles. The fraction of sp³-hybridized carbons (Fsp3) is 0.615. The lowest BCUT2D eigenvalue weighted by Crippen LogP contribution is -2.37. The quantitative estimate of drug-likeness (QED) is 0.770. The van der Waals surface area contributed by atoms with Crippen LogP contribution in [0.25, 0.3) is 0 Å². The first-order valence-electron chi connectivity index (χ1n) is 6.11. The lowest BCUT2D eigenvalue weighted by Gasteiger charge is -2.30. The van der Waals surface area contributed by atoms with Crippen LogP contribution in [-0.4, -0.2) is 37.6 Å². The molecule has 1 aromatic rings. The molecule has 0 amide bonds. The first-order chi connectivity index (χ1) is 8.29. The van der Waals surface area contributed by atoms with Crippen LogP contribution in [0.2, 0.25) is 0 Å². The number of likely N-dealkylation sites (tertiary alicyclic amines) is 1. The molecule has 1 aliphatic rings. The third kappa shape index (κ3) is 3.54. The molecule has 1 fully saturated rings. The monoisotopic (exact) mass is 253 g/mol. The van der Waals surface area contributed by atoms with Gasteiger partial charge in [0.25, 0.3) is 0 Å². The highest BCUT2D eigenvalue weighted by Crippen LogP contribution is 2.18. The number of hydrogen-bond donors (Lipinski definition) is 0. The van der Waals surface area contributed by atoms with E-state index in [1.807, 2.05) is 0 Å². The molecular weight excluding hydrogens is 234 g/mol. The maximum atomic E-state index is 11.4. The van der Waals surface area contributed by atoms with Crippen molar-refractivity contribution in [2.24, 2.45) is 5.92 Å². The third-order valence-corrected chi connectivity index (χ3v) is 4.15. The molecule has 4 heteroatoms. The first-order valence-corrected chi connectivity index (χ1v) is 7.05. The largest absolute Gasteiger partial charge is 0.469 e. The van der Waals surface area contributed by atoms with Crippen molar-refractivity contribution in [3.63, 3.8) is 0 Å². The first kappa shape index (κ1) is 12.6. The van der Waals surface area contributed by atoms with Gasteiger partial charge in [0.05, 0.1) is 13.0 Å². The Labute approximate surface area is 106 Å². The van der Waals surface area contributed by atoms with Crippen molar-refractivity contribution in [2.45, 2.75) is 19.3 Å². The molecule has 2 rings (SSSR count). The number of carbonyl (C=O) groups excluding carboxylic acids is 1. The van der Waals surface area contributed by atoms with E-state index in [2.05, 4.69) is 21.7 Å². The van der Waals surface area contributed by atoms with Gasteiger partial charge in [-0.05, 0) is 54.7 Å². The molecule has 94 valence electrons. The number of esters is 1. The van der Waals surface area contributed by atoms with E-state index in [0.29, 0.717) is 0 Å². The van der Waals surface area contributed by atoms with Crippen molar-refractivity contribution < 1.29 is 9.53 Å². The Morgan fingerprint density at radius 2 is 2.29 bits per heavy atom. The SMILES string of the molecule is COC(=O)C1CCN(CCc2ccsc2)CC1. The van der Waals surface area contributed by atoms with Crippen LogP contribution in [0.1, 0.15) is 18.4 Å². The summed E-state index contributed by atoms with van der Waals surface area (Å²) in [5.74, 6) is 0.0832. The smallest absolute Gasteiger partial charge is 0.308 e. The Hall–Kier alpha value is -0.870. The highest BCUT2D eigenvalue weighted by molar-refractivity contribution is 7.07. The Kier molecular flexibility index (Phi) is 4.57. The summed E-state index contributed by atoms with van der Waals surface area (Å²) in [6, 6.07) is 2.19. The van der Waals surface area contributed by atoms with Crippen LogP contribution in [0.5, 0.6) is 0 Å². The standard InChI is InChI=1S/C13H19NO2S/c1-16-13(15)12-3-7-14(8-4-12)6-2-11-5-9-17-10-11/h5,9-10,12H,2-4,6-8H2,1H3. The Balaban J connectivity index is 1.70. The van der Waals surface area contributed by atoms with Crippen molar-refractivity contribution in [2.75, 3.05) is 26.7 Å². The lowest BCUT2D eigenvalue weighted by atomic mass is 9.97. The summed E-state index contributed by atoms with van der Waals surface area (Å²) in [7, 11) is 1.48. The zero-order valence-corrected chi connectivity index (χ0v) is 11.0. The molecule has 0 aromatic carbocycles. The summed E-state index contributed by atoms with van der Waals surface area (Å²) < 4.78 is 4.79. The van der Waals surface area contributed by atoms with Gasteiger partial charge in [0, 0.05) is 6.54 Å². The number of rotatable bonds is 4. The van der Waals surface area contributed by atoms with Gasteiger partial charge < -0.3 is 9.64 Å². The molecule has 17 heavy (non-hydrogen) atoms. The molecule has 3 nitrogen and oxygen atoms in total. The summed E-state index contributed by atoms with van der Waals surface area (Å²) >= 11 is 1.75. The van der Waals surface area contributed by atoms with Crippen molar-refractivity contribution in [1.29, 1.82) is 0 Å². The van der Waals surface area contributed by atoms with E-state index in [1.54, 1.807) is 11.3 Å². The second-order valence-corrected chi connectivity index (χ2v) is 5.30. The van der Waals surface area contributed by atoms with Crippen molar-refractivity contribution >= 4 is 17.3 Å². The van der Waals surface area contributed by atoms with Gasteiger partial charge in [-0.25, -0.2) is 0 Å². The second-order valence-electron chi connectivity index (χ2n) is 4.52. The molecule has 2 heterocycles. The van der Waals surface area contributed by atoms with Gasteiger partial charge >= 0.3 is 5.97 Å². The van der Waals surface area contributed by atoms with E-state index in [4.69, 9.17) is 4.74 Å². The zero-order chi connectivity index (χ0) is 12.1. The molecule has 0 spiro atoms. The van der Waals surface area contributed by atoms with E-state index in [-0.39, 0.29) is 11.9 Å². The molecule has 1 saturated heterocycles. The molecule has 0 bridgehead atoms.